The first kappa shape index (κ1) is 21.3. The Kier molecular flexibility index (Phi) is 8.05. The molecule has 2 aromatic carbocycles. The summed E-state index contributed by atoms with van der Waals surface area (Å²) < 4.78 is 0. The third-order valence-electron chi connectivity index (χ3n) is 3.54. The Morgan fingerprint density at radius 1 is 1.17 bits per heavy atom. The summed E-state index contributed by atoms with van der Waals surface area (Å²) in [6.45, 7) is 3.01. The molecule has 0 radical (unpaired) electrons. The van der Waals surface area contributed by atoms with Gasteiger partial charge in [0.15, 0.2) is 0 Å². The monoisotopic (exact) mass is 353 g/mol. The molecule has 122 valence electrons. The van der Waals surface area contributed by atoms with Gasteiger partial charge in [-0.15, -0.1) is 0 Å². The van der Waals surface area contributed by atoms with Crippen LogP contribution in [0.15, 0.2) is 42.5 Å². The summed E-state index contributed by atoms with van der Waals surface area (Å²) in [7, 11) is 0. The molecule has 5 nitrogen and oxygen atoms in total. The molecule has 2 rings (SSSR count). The Labute approximate surface area is 183 Å². The van der Waals surface area contributed by atoms with E-state index in [1.807, 2.05) is 36.4 Å². The number of hydrogen-bond acceptors (Lipinski definition) is 4. The Hall–Kier alpha value is -0.764. The standard InChI is InChI=1S/C18H21NO4.K/c1-18(2,23)11-14(17(21)22)10-16(20)19-15-8-7-12-5-3-4-6-13(12)9-15;/h3-9,14,23H,10-11H2,1-2H3,(H,19,20)(H,21,22);/q;+1/p-1. The van der Waals surface area contributed by atoms with Gasteiger partial charge in [-0.25, -0.2) is 0 Å². The SMILES string of the molecule is CC(C)(O)CC(CC(=O)Nc1ccc2ccccc2c1)C(=O)[O-].[K+]. The van der Waals surface area contributed by atoms with Gasteiger partial charge in [0.05, 0.1) is 5.60 Å². The van der Waals surface area contributed by atoms with Gasteiger partial charge in [-0.2, -0.15) is 0 Å². The number of anilines is 1. The molecule has 0 aliphatic carbocycles. The number of carbonyl (C=O) groups is 2. The molecule has 0 aromatic heterocycles. The van der Waals surface area contributed by atoms with Crippen LogP contribution < -0.4 is 61.8 Å². The number of benzene rings is 2. The topological polar surface area (TPSA) is 89.5 Å². The van der Waals surface area contributed by atoms with Crippen molar-refractivity contribution >= 4 is 28.3 Å². The van der Waals surface area contributed by atoms with Crippen molar-refractivity contribution in [1.82, 2.24) is 0 Å². The Bertz CT molecular complexity index is 724. The molecule has 0 bridgehead atoms. The van der Waals surface area contributed by atoms with E-state index in [4.69, 9.17) is 0 Å². The van der Waals surface area contributed by atoms with Gasteiger partial charge in [0, 0.05) is 24.0 Å². The van der Waals surface area contributed by atoms with E-state index in [-0.39, 0.29) is 64.2 Å². The molecule has 24 heavy (non-hydrogen) atoms. The van der Waals surface area contributed by atoms with Crippen molar-refractivity contribution in [3.8, 4) is 0 Å². The van der Waals surface area contributed by atoms with Crippen LogP contribution in [0.4, 0.5) is 5.69 Å². The first-order valence-corrected chi connectivity index (χ1v) is 7.46. The maximum atomic E-state index is 12.1. The zero-order valence-corrected chi connectivity index (χ0v) is 17.3. The molecule has 0 aliphatic rings. The second-order valence-corrected chi connectivity index (χ2v) is 6.35. The number of amides is 1. The third kappa shape index (κ3) is 6.62. The van der Waals surface area contributed by atoms with Crippen molar-refractivity contribution in [2.45, 2.75) is 32.3 Å². The molecular weight excluding hydrogens is 333 g/mol. The summed E-state index contributed by atoms with van der Waals surface area (Å²) in [4.78, 5) is 23.2. The molecule has 0 aliphatic heterocycles. The minimum Gasteiger partial charge on any atom is -0.550 e. The minimum atomic E-state index is -1.33. The molecule has 0 saturated heterocycles. The maximum absolute atomic E-state index is 12.1. The molecular formula is C18H20KNO4. The van der Waals surface area contributed by atoms with Gasteiger partial charge >= 0.3 is 51.4 Å². The van der Waals surface area contributed by atoms with Gasteiger partial charge in [0.1, 0.15) is 0 Å². The molecule has 0 heterocycles. The Balaban J connectivity index is 0.00000288. The average molecular weight is 353 g/mol. The number of hydrogen-bond donors (Lipinski definition) is 2. The van der Waals surface area contributed by atoms with Gasteiger partial charge in [-0.1, -0.05) is 30.3 Å². The largest absolute Gasteiger partial charge is 1.00 e. The molecule has 0 saturated carbocycles. The van der Waals surface area contributed by atoms with Crippen molar-refractivity contribution in [1.29, 1.82) is 0 Å². The first-order chi connectivity index (χ1) is 10.7. The number of carboxylic acids is 1. The Morgan fingerprint density at radius 3 is 2.38 bits per heavy atom. The van der Waals surface area contributed by atoms with Gasteiger partial charge < -0.3 is 20.3 Å². The van der Waals surface area contributed by atoms with E-state index in [1.165, 1.54) is 13.8 Å². The molecule has 2 aromatic rings. The summed E-state index contributed by atoms with van der Waals surface area (Å²) in [6, 6.07) is 13.2. The van der Waals surface area contributed by atoms with Crippen molar-refractivity contribution in [2.75, 3.05) is 5.32 Å². The fourth-order valence-electron chi connectivity index (χ4n) is 2.54. The predicted molar refractivity (Wildman–Crippen MR) is 86.6 cm³/mol. The van der Waals surface area contributed by atoms with Gasteiger partial charge in [-0.05, 0) is 43.2 Å². The van der Waals surface area contributed by atoms with Crippen LogP contribution in [0, 0.1) is 5.92 Å². The van der Waals surface area contributed by atoms with Gasteiger partial charge in [-0.3, -0.25) is 4.79 Å². The molecule has 6 heteroatoms. The predicted octanol–water partition coefficient (Wildman–Crippen LogP) is -1.30. The maximum Gasteiger partial charge on any atom is 1.00 e. The normalized spacial score (nSPS) is 12.3. The fourth-order valence-corrected chi connectivity index (χ4v) is 2.54. The first-order valence-electron chi connectivity index (χ1n) is 7.46. The number of carboxylic acid groups (broad SMARTS) is 1. The summed E-state index contributed by atoms with van der Waals surface area (Å²) in [5.74, 6) is -2.78. The van der Waals surface area contributed by atoms with Crippen molar-refractivity contribution < 1.29 is 71.2 Å². The number of carbonyl (C=O) groups excluding carboxylic acids is 2. The summed E-state index contributed by atoms with van der Waals surface area (Å²) in [5.41, 5.74) is -0.567. The molecule has 0 fully saturated rings. The summed E-state index contributed by atoms with van der Waals surface area (Å²) in [5, 5.41) is 25.6. The minimum absolute atomic E-state index is 0. The summed E-state index contributed by atoms with van der Waals surface area (Å²) in [6.07, 6.45) is -0.278. The number of fused-ring (bicyclic) bond motifs is 1. The van der Waals surface area contributed by atoms with Crippen LogP contribution in [0.25, 0.3) is 10.8 Å². The van der Waals surface area contributed by atoms with Crippen LogP contribution >= 0.6 is 0 Å². The molecule has 1 atom stereocenters. The van der Waals surface area contributed by atoms with E-state index >= 15 is 0 Å². The van der Waals surface area contributed by atoms with Gasteiger partial charge in [0.25, 0.3) is 0 Å². The smallest absolute Gasteiger partial charge is 0.550 e. The summed E-state index contributed by atoms with van der Waals surface area (Å²) >= 11 is 0. The van der Waals surface area contributed by atoms with Crippen molar-refractivity contribution in [3.05, 3.63) is 42.5 Å². The van der Waals surface area contributed by atoms with Crippen molar-refractivity contribution in [3.63, 3.8) is 0 Å². The quantitative estimate of drug-likeness (QED) is 0.632. The number of rotatable bonds is 6. The van der Waals surface area contributed by atoms with Gasteiger partial charge in [0.2, 0.25) is 5.91 Å². The number of nitrogens with one attached hydrogen (secondary N) is 1. The van der Waals surface area contributed by atoms with Crippen LogP contribution in [0.2, 0.25) is 0 Å². The number of aliphatic carboxylic acids is 1. The van der Waals surface area contributed by atoms with Crippen LogP contribution in [0.1, 0.15) is 26.7 Å². The second-order valence-electron chi connectivity index (χ2n) is 6.35. The van der Waals surface area contributed by atoms with E-state index in [2.05, 4.69) is 5.32 Å². The second kappa shape index (κ2) is 9.08. The molecule has 0 spiro atoms. The van der Waals surface area contributed by atoms with Crippen LogP contribution in [0.3, 0.4) is 0 Å². The average Bonchev–Trinajstić information content (AvgIpc) is 2.45. The molecule has 2 N–H and O–H groups in total. The van der Waals surface area contributed by atoms with E-state index in [1.54, 1.807) is 6.07 Å². The Morgan fingerprint density at radius 2 is 1.79 bits per heavy atom. The van der Waals surface area contributed by atoms with E-state index in [9.17, 15) is 19.8 Å². The van der Waals surface area contributed by atoms with Crippen LogP contribution in [-0.2, 0) is 9.59 Å². The zero-order valence-electron chi connectivity index (χ0n) is 14.2. The molecule has 1 unspecified atom stereocenters. The zero-order chi connectivity index (χ0) is 17.0. The molecule has 1 amide bonds. The van der Waals surface area contributed by atoms with Crippen molar-refractivity contribution in [2.24, 2.45) is 5.92 Å². The fraction of sp³-hybridized carbons (Fsp3) is 0.333. The van der Waals surface area contributed by atoms with Crippen LogP contribution in [-0.4, -0.2) is 22.6 Å². The number of aliphatic hydroxyl groups is 1. The van der Waals surface area contributed by atoms with E-state index in [0.29, 0.717) is 5.69 Å². The van der Waals surface area contributed by atoms with E-state index < -0.39 is 23.4 Å². The van der Waals surface area contributed by atoms with Crippen LogP contribution in [0.5, 0.6) is 0 Å². The van der Waals surface area contributed by atoms with E-state index in [0.717, 1.165) is 10.8 Å². The third-order valence-corrected chi connectivity index (χ3v) is 3.54.